The van der Waals surface area contributed by atoms with Crippen LogP contribution in [0.4, 0.5) is 5.69 Å². The number of ether oxygens (including phenoxy) is 2. The molecule has 1 saturated heterocycles. The summed E-state index contributed by atoms with van der Waals surface area (Å²) in [5, 5.41) is 0.515. The molecule has 0 unspecified atom stereocenters. The lowest BCUT2D eigenvalue weighted by molar-refractivity contribution is -0.129. The number of aryl methyl sites for hydroxylation is 1. The number of benzene rings is 2. The molecule has 3 aliphatic heterocycles. The molecule has 170 valence electrons. The minimum atomic E-state index is -0.218. The maximum Gasteiger partial charge on any atom is 0.283 e. The Hall–Kier alpha value is -3.26. The molecule has 0 atom stereocenters. The molecule has 0 bridgehead atoms. The first kappa shape index (κ1) is 21.6. The smallest absolute Gasteiger partial charge is 0.283 e. The molecule has 7 nitrogen and oxygen atoms in total. The molecule has 2 aromatic rings. The molecule has 0 aliphatic carbocycles. The number of fused-ring (bicyclic) bond motifs is 1. The highest BCUT2D eigenvalue weighted by Gasteiger charge is 2.33. The summed E-state index contributed by atoms with van der Waals surface area (Å²) in [5.74, 6) is 1.46. The van der Waals surface area contributed by atoms with Gasteiger partial charge in [0.15, 0.2) is 16.7 Å². The summed E-state index contributed by atoms with van der Waals surface area (Å²) in [6, 6.07) is 13.2. The number of nitrogens with zero attached hydrogens (tertiary/aromatic N) is 3. The maximum atomic E-state index is 13.4. The van der Waals surface area contributed by atoms with Crippen LogP contribution in [0.3, 0.4) is 0 Å². The van der Waals surface area contributed by atoms with Gasteiger partial charge < -0.3 is 14.4 Å². The molecule has 2 amide bonds. The largest absolute Gasteiger partial charge is 0.454 e. The van der Waals surface area contributed by atoms with Crippen molar-refractivity contribution in [2.75, 3.05) is 30.5 Å². The highest BCUT2D eigenvalue weighted by Crippen LogP contribution is 2.34. The van der Waals surface area contributed by atoms with Crippen LogP contribution in [0.2, 0.25) is 0 Å². The number of carbonyl (C=O) groups is 2. The van der Waals surface area contributed by atoms with Gasteiger partial charge in [0.2, 0.25) is 12.7 Å². The molecule has 0 aromatic heterocycles. The lowest BCUT2D eigenvalue weighted by Gasteiger charge is -2.26. The maximum absolute atomic E-state index is 13.4. The number of carbonyl (C=O) groups excluding carboxylic acids is 2. The first-order valence-electron chi connectivity index (χ1n) is 11.1. The van der Waals surface area contributed by atoms with Crippen molar-refractivity contribution in [1.82, 2.24) is 4.90 Å². The molecule has 8 heteroatoms. The zero-order valence-electron chi connectivity index (χ0n) is 18.5. The van der Waals surface area contributed by atoms with Gasteiger partial charge in [0.05, 0.1) is 11.4 Å². The second-order valence-corrected chi connectivity index (χ2v) is 9.19. The van der Waals surface area contributed by atoms with Crippen molar-refractivity contribution >= 4 is 40.5 Å². The van der Waals surface area contributed by atoms with Gasteiger partial charge in [-0.15, -0.1) is 0 Å². The van der Waals surface area contributed by atoms with E-state index in [1.165, 1.54) is 18.2 Å². The third-order valence-electron chi connectivity index (χ3n) is 5.86. The van der Waals surface area contributed by atoms with E-state index in [-0.39, 0.29) is 24.4 Å². The number of hydrogen-bond donors (Lipinski definition) is 0. The third kappa shape index (κ3) is 4.61. The highest BCUT2D eigenvalue weighted by atomic mass is 32.2. The fourth-order valence-electron chi connectivity index (χ4n) is 4.04. The summed E-state index contributed by atoms with van der Waals surface area (Å²) < 4.78 is 10.8. The van der Waals surface area contributed by atoms with Gasteiger partial charge in [0, 0.05) is 13.1 Å². The fourth-order valence-corrected chi connectivity index (χ4v) is 4.95. The third-order valence-corrected chi connectivity index (χ3v) is 6.78. The summed E-state index contributed by atoms with van der Waals surface area (Å²) in [4.78, 5) is 34.2. The number of rotatable bonds is 4. The van der Waals surface area contributed by atoms with E-state index in [1.807, 2.05) is 54.3 Å². The zero-order valence-corrected chi connectivity index (χ0v) is 19.3. The second kappa shape index (κ2) is 9.31. The first-order valence-corrected chi connectivity index (χ1v) is 12.1. The Labute approximate surface area is 197 Å². The van der Waals surface area contributed by atoms with Gasteiger partial charge in [-0.05, 0) is 62.1 Å². The summed E-state index contributed by atoms with van der Waals surface area (Å²) in [7, 11) is 0. The standard InChI is InChI=1S/C25H25N3O4S/c1-17-5-8-19(9-6-17)28-24(30)20(13-18-7-10-21-22(14-18)32-16-31-21)26-25(28)33-15-23(29)27-11-3-2-4-12-27/h5-10,13-14H,2-4,11-12,15-16H2,1H3. The molecule has 33 heavy (non-hydrogen) atoms. The second-order valence-electron chi connectivity index (χ2n) is 8.24. The van der Waals surface area contributed by atoms with Crippen molar-refractivity contribution < 1.29 is 19.1 Å². The Kier molecular flexibility index (Phi) is 6.09. The molecule has 3 aliphatic rings. The van der Waals surface area contributed by atoms with E-state index >= 15 is 0 Å². The quantitative estimate of drug-likeness (QED) is 0.635. The van der Waals surface area contributed by atoms with Crippen LogP contribution >= 0.6 is 11.8 Å². The molecule has 0 radical (unpaired) electrons. The Morgan fingerprint density at radius 2 is 1.82 bits per heavy atom. The number of hydrogen-bond acceptors (Lipinski definition) is 6. The molecule has 3 heterocycles. The zero-order chi connectivity index (χ0) is 22.8. The van der Waals surface area contributed by atoms with Crippen molar-refractivity contribution in [2.45, 2.75) is 26.2 Å². The number of piperidine rings is 1. The number of amidine groups is 1. The van der Waals surface area contributed by atoms with Gasteiger partial charge in [0.1, 0.15) is 5.70 Å². The lowest BCUT2D eigenvalue weighted by Crippen LogP contribution is -2.38. The van der Waals surface area contributed by atoms with E-state index in [2.05, 4.69) is 4.99 Å². The van der Waals surface area contributed by atoms with Crippen LogP contribution in [0, 0.1) is 6.92 Å². The van der Waals surface area contributed by atoms with E-state index in [0.29, 0.717) is 22.4 Å². The van der Waals surface area contributed by atoms with Crippen LogP contribution < -0.4 is 14.4 Å². The van der Waals surface area contributed by atoms with Gasteiger partial charge in [-0.2, -0.15) is 0 Å². The SMILES string of the molecule is Cc1ccc(N2C(=O)C(=Cc3ccc4c(c3)OCO4)N=C2SCC(=O)N2CCCCC2)cc1. The number of anilines is 1. The van der Waals surface area contributed by atoms with Crippen molar-refractivity contribution in [3.63, 3.8) is 0 Å². The molecule has 0 N–H and O–H groups in total. The van der Waals surface area contributed by atoms with Crippen LogP contribution in [-0.4, -0.2) is 47.5 Å². The van der Waals surface area contributed by atoms with Crippen LogP contribution in [0.15, 0.2) is 53.2 Å². The molecule has 2 aromatic carbocycles. The van der Waals surface area contributed by atoms with Crippen molar-refractivity contribution in [2.24, 2.45) is 4.99 Å². The van der Waals surface area contributed by atoms with Gasteiger partial charge in [-0.25, -0.2) is 4.99 Å². The normalized spacial score (nSPS) is 18.8. The Morgan fingerprint density at radius 1 is 1.06 bits per heavy atom. The van der Waals surface area contributed by atoms with Gasteiger partial charge in [0.25, 0.3) is 5.91 Å². The van der Waals surface area contributed by atoms with Crippen molar-refractivity contribution in [1.29, 1.82) is 0 Å². The van der Waals surface area contributed by atoms with Crippen LogP contribution in [0.25, 0.3) is 6.08 Å². The fraction of sp³-hybridized carbons (Fsp3) is 0.320. The Bertz CT molecular complexity index is 1140. The first-order chi connectivity index (χ1) is 16.1. The molecule has 5 rings (SSSR count). The monoisotopic (exact) mass is 463 g/mol. The van der Waals surface area contributed by atoms with Gasteiger partial charge in [-0.3, -0.25) is 14.5 Å². The number of thioether (sulfide) groups is 1. The van der Waals surface area contributed by atoms with E-state index < -0.39 is 0 Å². The summed E-state index contributed by atoms with van der Waals surface area (Å²) in [6.45, 7) is 3.81. The van der Waals surface area contributed by atoms with Crippen LogP contribution in [0.5, 0.6) is 11.5 Å². The Balaban J connectivity index is 1.41. The molecular formula is C25H25N3O4S. The highest BCUT2D eigenvalue weighted by molar-refractivity contribution is 8.14. The van der Waals surface area contributed by atoms with Crippen molar-refractivity contribution in [3.05, 3.63) is 59.3 Å². The lowest BCUT2D eigenvalue weighted by atomic mass is 10.1. The van der Waals surface area contributed by atoms with Crippen molar-refractivity contribution in [3.8, 4) is 11.5 Å². The molecular weight excluding hydrogens is 438 g/mol. The van der Waals surface area contributed by atoms with E-state index in [4.69, 9.17) is 9.47 Å². The molecule has 0 saturated carbocycles. The topological polar surface area (TPSA) is 71.4 Å². The van der Waals surface area contributed by atoms with E-state index in [1.54, 1.807) is 11.0 Å². The average Bonchev–Trinajstić information content (AvgIpc) is 3.43. The number of aliphatic imine (C=N–C) groups is 1. The van der Waals surface area contributed by atoms with Gasteiger partial charge >= 0.3 is 0 Å². The predicted molar refractivity (Wildman–Crippen MR) is 130 cm³/mol. The van der Waals surface area contributed by atoms with E-state index in [9.17, 15) is 9.59 Å². The Morgan fingerprint density at radius 3 is 2.61 bits per heavy atom. The summed E-state index contributed by atoms with van der Waals surface area (Å²) >= 11 is 1.31. The molecule has 0 spiro atoms. The minimum Gasteiger partial charge on any atom is -0.454 e. The predicted octanol–water partition coefficient (Wildman–Crippen LogP) is 4.21. The van der Waals surface area contributed by atoms with E-state index in [0.717, 1.165) is 42.7 Å². The molecule has 1 fully saturated rings. The minimum absolute atomic E-state index is 0.0897. The van der Waals surface area contributed by atoms with Gasteiger partial charge in [-0.1, -0.05) is 35.5 Å². The summed E-state index contributed by atoms with van der Waals surface area (Å²) in [6.07, 6.45) is 5.01. The summed E-state index contributed by atoms with van der Waals surface area (Å²) in [5.41, 5.74) is 2.96. The number of likely N-dealkylation sites (tertiary alicyclic amines) is 1. The van der Waals surface area contributed by atoms with Crippen LogP contribution in [-0.2, 0) is 9.59 Å². The number of amides is 2. The van der Waals surface area contributed by atoms with Crippen LogP contribution in [0.1, 0.15) is 30.4 Å². The average molecular weight is 464 g/mol.